The molecule has 2 aromatic rings. The number of aromatic amines is 1. The number of rotatable bonds is 5. The van der Waals surface area contributed by atoms with E-state index >= 15 is 0 Å². The van der Waals surface area contributed by atoms with Gasteiger partial charge < -0.3 is 5.73 Å². The molecule has 0 aliphatic carbocycles. The summed E-state index contributed by atoms with van der Waals surface area (Å²) in [4.78, 5) is 0. The third kappa shape index (κ3) is 3.08. The fraction of sp³-hybridized carbons (Fsp3) is 0.357. The van der Waals surface area contributed by atoms with Crippen LogP contribution in [0.5, 0.6) is 0 Å². The number of benzene rings is 1. The van der Waals surface area contributed by atoms with Crippen molar-refractivity contribution in [2.45, 2.75) is 38.3 Å². The van der Waals surface area contributed by atoms with Gasteiger partial charge in [-0.1, -0.05) is 32.0 Å². The predicted molar refractivity (Wildman–Crippen MR) is 82.6 cm³/mol. The summed E-state index contributed by atoms with van der Waals surface area (Å²) in [7, 11) is -3.76. The fourth-order valence-electron chi connectivity index (χ4n) is 2.18. The lowest BCUT2D eigenvalue weighted by Gasteiger charge is -2.14. The van der Waals surface area contributed by atoms with Crippen LogP contribution >= 0.6 is 0 Å². The van der Waals surface area contributed by atoms with Crippen LogP contribution in [0.2, 0.25) is 0 Å². The molecule has 0 amide bonds. The van der Waals surface area contributed by atoms with Crippen LogP contribution in [0, 0.1) is 6.92 Å². The molecule has 7 heteroatoms. The molecule has 0 radical (unpaired) electrons. The molecule has 0 atom stereocenters. The highest BCUT2D eigenvalue weighted by Crippen LogP contribution is 2.26. The molecule has 0 unspecified atom stereocenters. The Balaban J connectivity index is 2.43. The Hall–Kier alpha value is -1.86. The molecule has 0 spiro atoms. The third-order valence-electron chi connectivity index (χ3n) is 3.32. The summed E-state index contributed by atoms with van der Waals surface area (Å²) < 4.78 is 27.6. The third-order valence-corrected chi connectivity index (χ3v) is 4.66. The van der Waals surface area contributed by atoms with Crippen LogP contribution in [0.4, 0.5) is 5.69 Å². The van der Waals surface area contributed by atoms with Crippen molar-refractivity contribution in [3.63, 3.8) is 0 Å². The van der Waals surface area contributed by atoms with Crippen molar-refractivity contribution >= 4 is 15.7 Å². The van der Waals surface area contributed by atoms with Gasteiger partial charge in [0.2, 0.25) is 5.03 Å². The minimum atomic E-state index is -3.76. The van der Waals surface area contributed by atoms with Crippen LogP contribution in [0.1, 0.15) is 36.6 Å². The molecule has 114 valence electrons. The molecule has 6 nitrogen and oxygen atoms in total. The van der Waals surface area contributed by atoms with Gasteiger partial charge >= 0.3 is 0 Å². The average molecular weight is 308 g/mol. The monoisotopic (exact) mass is 308 g/mol. The van der Waals surface area contributed by atoms with Crippen LogP contribution in [-0.2, 0) is 16.6 Å². The van der Waals surface area contributed by atoms with E-state index in [1.165, 1.54) is 0 Å². The number of nitrogens with one attached hydrogen (secondary N) is 2. The zero-order valence-corrected chi connectivity index (χ0v) is 13.2. The summed E-state index contributed by atoms with van der Waals surface area (Å²) >= 11 is 0. The van der Waals surface area contributed by atoms with Gasteiger partial charge in [-0.3, -0.25) is 9.82 Å². The maximum absolute atomic E-state index is 12.5. The van der Waals surface area contributed by atoms with Crippen molar-refractivity contribution in [2.24, 2.45) is 5.73 Å². The standard InChI is InChI=1S/C14H20N4O2S/c1-9(2)11-6-4-5-7-13(11)18-21(19,20)14-12(8-15)10(3)16-17-14/h4-7,9,18H,8,15H2,1-3H3,(H,16,17). The Morgan fingerprint density at radius 1 is 1.33 bits per heavy atom. The quantitative estimate of drug-likeness (QED) is 0.787. The van der Waals surface area contributed by atoms with Gasteiger partial charge in [0, 0.05) is 17.8 Å². The van der Waals surface area contributed by atoms with Gasteiger partial charge in [0.05, 0.1) is 5.69 Å². The van der Waals surface area contributed by atoms with E-state index in [9.17, 15) is 8.42 Å². The first kappa shape index (κ1) is 15.5. The largest absolute Gasteiger partial charge is 0.326 e. The van der Waals surface area contributed by atoms with E-state index in [0.717, 1.165) is 5.56 Å². The average Bonchev–Trinajstić information content (AvgIpc) is 2.80. The molecule has 0 fully saturated rings. The molecule has 0 bridgehead atoms. The second-order valence-corrected chi connectivity index (χ2v) is 6.78. The summed E-state index contributed by atoms with van der Waals surface area (Å²) in [6, 6.07) is 7.33. The van der Waals surface area contributed by atoms with Gasteiger partial charge in [-0.25, -0.2) is 0 Å². The number of H-pyrrole nitrogens is 1. The van der Waals surface area contributed by atoms with E-state index < -0.39 is 10.0 Å². The number of aromatic nitrogens is 2. The number of anilines is 1. The highest BCUT2D eigenvalue weighted by molar-refractivity contribution is 7.92. The van der Waals surface area contributed by atoms with Gasteiger partial charge in [-0.05, 0) is 24.5 Å². The molecule has 2 rings (SSSR count). The zero-order chi connectivity index (χ0) is 15.6. The number of para-hydroxylation sites is 1. The van der Waals surface area contributed by atoms with Crippen molar-refractivity contribution in [1.29, 1.82) is 0 Å². The van der Waals surface area contributed by atoms with Gasteiger partial charge in [0.1, 0.15) is 0 Å². The fourth-order valence-corrected chi connectivity index (χ4v) is 3.48. The Morgan fingerprint density at radius 3 is 2.62 bits per heavy atom. The highest BCUT2D eigenvalue weighted by Gasteiger charge is 2.24. The number of hydrogen-bond acceptors (Lipinski definition) is 4. The van der Waals surface area contributed by atoms with E-state index in [2.05, 4.69) is 14.9 Å². The molecular weight excluding hydrogens is 288 g/mol. The summed E-state index contributed by atoms with van der Waals surface area (Å²) in [5, 5.41) is 6.50. The maximum Gasteiger partial charge on any atom is 0.281 e. The Morgan fingerprint density at radius 2 is 2.00 bits per heavy atom. The molecule has 1 heterocycles. The lowest BCUT2D eigenvalue weighted by atomic mass is 10.0. The molecule has 1 aromatic carbocycles. The summed E-state index contributed by atoms with van der Waals surface area (Å²) in [6.45, 7) is 5.88. The summed E-state index contributed by atoms with van der Waals surface area (Å²) in [6.07, 6.45) is 0. The van der Waals surface area contributed by atoms with Crippen LogP contribution < -0.4 is 10.5 Å². The number of sulfonamides is 1. The Labute approximate surface area is 124 Å². The summed E-state index contributed by atoms with van der Waals surface area (Å²) in [5.74, 6) is 0.207. The normalized spacial score (nSPS) is 11.9. The lowest BCUT2D eigenvalue weighted by Crippen LogP contribution is -2.17. The molecule has 0 aliphatic rings. The predicted octanol–water partition coefficient (Wildman–Crippen LogP) is 2.10. The first-order valence-electron chi connectivity index (χ1n) is 6.72. The van der Waals surface area contributed by atoms with Crippen molar-refractivity contribution in [1.82, 2.24) is 10.2 Å². The first-order chi connectivity index (χ1) is 9.86. The highest BCUT2D eigenvalue weighted by atomic mass is 32.2. The van der Waals surface area contributed by atoms with E-state index in [1.807, 2.05) is 26.0 Å². The topological polar surface area (TPSA) is 101 Å². The van der Waals surface area contributed by atoms with E-state index in [4.69, 9.17) is 5.73 Å². The lowest BCUT2D eigenvalue weighted by molar-refractivity contribution is 0.595. The minimum absolute atomic E-state index is 0.0407. The van der Waals surface area contributed by atoms with Crippen LogP contribution in [0.25, 0.3) is 0 Å². The van der Waals surface area contributed by atoms with Crippen LogP contribution in [0.3, 0.4) is 0 Å². The van der Waals surface area contributed by atoms with Gasteiger partial charge in [0.15, 0.2) is 0 Å². The molecule has 1 aromatic heterocycles. The van der Waals surface area contributed by atoms with E-state index in [1.54, 1.807) is 19.1 Å². The summed E-state index contributed by atoms with van der Waals surface area (Å²) in [5.41, 5.74) is 8.28. The molecule has 4 N–H and O–H groups in total. The van der Waals surface area contributed by atoms with Crippen molar-refractivity contribution < 1.29 is 8.42 Å². The van der Waals surface area contributed by atoms with Crippen molar-refractivity contribution in [3.05, 3.63) is 41.1 Å². The zero-order valence-electron chi connectivity index (χ0n) is 12.3. The van der Waals surface area contributed by atoms with E-state index in [0.29, 0.717) is 16.9 Å². The second kappa shape index (κ2) is 5.87. The van der Waals surface area contributed by atoms with Crippen molar-refractivity contribution in [2.75, 3.05) is 4.72 Å². The molecule has 0 saturated heterocycles. The van der Waals surface area contributed by atoms with Gasteiger partial charge in [-0.15, -0.1) is 0 Å². The van der Waals surface area contributed by atoms with E-state index in [-0.39, 0.29) is 17.5 Å². The second-order valence-electron chi connectivity index (χ2n) is 5.18. The van der Waals surface area contributed by atoms with Crippen LogP contribution in [0.15, 0.2) is 29.3 Å². The molecule has 0 aliphatic heterocycles. The van der Waals surface area contributed by atoms with Gasteiger partial charge in [-0.2, -0.15) is 13.5 Å². The SMILES string of the molecule is Cc1[nH]nc(S(=O)(=O)Nc2ccccc2C(C)C)c1CN. The number of aryl methyl sites for hydroxylation is 1. The Kier molecular flexibility index (Phi) is 4.34. The first-order valence-corrected chi connectivity index (χ1v) is 8.20. The molecular formula is C14H20N4O2S. The Bertz CT molecular complexity index is 735. The maximum atomic E-state index is 12.5. The number of hydrogen-bond donors (Lipinski definition) is 3. The molecule has 21 heavy (non-hydrogen) atoms. The minimum Gasteiger partial charge on any atom is -0.326 e. The number of nitrogens with two attached hydrogens (primary N) is 1. The van der Waals surface area contributed by atoms with Gasteiger partial charge in [0.25, 0.3) is 10.0 Å². The van der Waals surface area contributed by atoms with Crippen molar-refractivity contribution in [3.8, 4) is 0 Å². The smallest absolute Gasteiger partial charge is 0.281 e. The number of nitrogens with zero attached hydrogens (tertiary/aromatic N) is 1. The van der Waals surface area contributed by atoms with Crippen LogP contribution in [-0.4, -0.2) is 18.6 Å². The molecule has 0 saturated carbocycles.